The van der Waals surface area contributed by atoms with Gasteiger partial charge in [0, 0.05) is 0 Å². The summed E-state index contributed by atoms with van der Waals surface area (Å²) in [6.45, 7) is 2.16. The largest absolute Gasteiger partial charge is 0.473 e. The number of carbonyl (C=O) groups is 1. The third-order valence-corrected chi connectivity index (χ3v) is 0.472. The van der Waals surface area contributed by atoms with Crippen LogP contribution in [0.4, 0.5) is 4.79 Å². The lowest BCUT2D eigenvalue weighted by Gasteiger charge is -1.93. The molecule has 4 heteroatoms. The highest BCUT2D eigenvalue weighted by Gasteiger charge is 1.95. The second-order valence-electron chi connectivity index (χ2n) is 1.01. The number of ether oxygens (including phenoxy) is 1. The first kappa shape index (κ1) is 6.49. The van der Waals surface area contributed by atoms with E-state index in [1.54, 1.807) is 6.92 Å². The molecule has 0 fully saturated rings. The second-order valence-corrected chi connectivity index (χ2v) is 1.01. The zero-order chi connectivity index (χ0) is 5.70. The average molecular weight is 101 g/mol. The molecule has 0 spiro atoms. The summed E-state index contributed by atoms with van der Waals surface area (Å²) in [7, 11) is -0.0200. The summed E-state index contributed by atoms with van der Waals surface area (Å²) in [6.07, 6.45) is 0. The van der Waals surface area contributed by atoms with Crippen LogP contribution >= 0.6 is 0 Å². The topological polar surface area (TPSA) is 52.3 Å². The molecule has 0 aliphatic rings. The maximum absolute atomic E-state index is 10.1. The van der Waals surface area contributed by atoms with Crippen LogP contribution in [0.25, 0.3) is 0 Å². The van der Waals surface area contributed by atoms with Crippen LogP contribution in [0.2, 0.25) is 0 Å². The SMILES string of the molecule is CCOC(=O)BN. The minimum Gasteiger partial charge on any atom is -0.473 e. The van der Waals surface area contributed by atoms with Crippen molar-refractivity contribution >= 4 is 13.3 Å². The van der Waals surface area contributed by atoms with Gasteiger partial charge in [-0.1, -0.05) is 0 Å². The summed E-state index contributed by atoms with van der Waals surface area (Å²) in [5.41, 5.74) is 4.88. The van der Waals surface area contributed by atoms with Crippen molar-refractivity contribution < 1.29 is 9.53 Å². The summed E-state index contributed by atoms with van der Waals surface area (Å²) in [5, 5.41) is 0. The smallest absolute Gasteiger partial charge is 0.335 e. The van der Waals surface area contributed by atoms with Crippen molar-refractivity contribution in [2.75, 3.05) is 6.61 Å². The van der Waals surface area contributed by atoms with Gasteiger partial charge in [0.25, 0.3) is 5.87 Å². The quantitative estimate of drug-likeness (QED) is 0.475. The zero-order valence-electron chi connectivity index (χ0n) is 4.31. The molecule has 2 N–H and O–H groups in total. The predicted molar refractivity (Wildman–Crippen MR) is 28.4 cm³/mol. The summed E-state index contributed by atoms with van der Waals surface area (Å²) in [4.78, 5) is 10.1. The van der Waals surface area contributed by atoms with Crippen LogP contribution in [0.3, 0.4) is 0 Å². The molecule has 0 aliphatic carbocycles. The van der Waals surface area contributed by atoms with E-state index in [1.807, 2.05) is 0 Å². The summed E-state index contributed by atoms with van der Waals surface area (Å²) >= 11 is 0. The first-order chi connectivity index (χ1) is 3.31. The third-order valence-electron chi connectivity index (χ3n) is 0.472. The van der Waals surface area contributed by atoms with Crippen molar-refractivity contribution in [2.45, 2.75) is 6.92 Å². The molecule has 0 saturated heterocycles. The second kappa shape index (κ2) is 3.68. The van der Waals surface area contributed by atoms with Crippen LogP contribution in [0.1, 0.15) is 6.92 Å². The Morgan fingerprint density at radius 2 is 2.57 bits per heavy atom. The number of carbonyl (C=O) groups excluding carboxylic acids is 1. The fraction of sp³-hybridized carbons (Fsp3) is 0.667. The molecule has 0 radical (unpaired) electrons. The van der Waals surface area contributed by atoms with Gasteiger partial charge >= 0.3 is 7.41 Å². The molecule has 0 aliphatic heterocycles. The van der Waals surface area contributed by atoms with E-state index in [9.17, 15) is 4.79 Å². The van der Waals surface area contributed by atoms with Crippen molar-refractivity contribution in [3.63, 3.8) is 0 Å². The molecule has 0 bridgehead atoms. The first-order valence-electron chi connectivity index (χ1n) is 2.17. The van der Waals surface area contributed by atoms with Gasteiger partial charge in [0.15, 0.2) is 0 Å². The zero-order valence-corrected chi connectivity index (χ0v) is 4.31. The monoisotopic (exact) mass is 101 g/mol. The lowest BCUT2D eigenvalue weighted by atomic mass is 9.99. The van der Waals surface area contributed by atoms with Crippen molar-refractivity contribution in [2.24, 2.45) is 5.64 Å². The molecule has 0 aromatic heterocycles. The Balaban J connectivity index is 3.00. The molecule has 7 heavy (non-hydrogen) atoms. The lowest BCUT2D eigenvalue weighted by Crippen LogP contribution is -2.19. The predicted octanol–water partition coefficient (Wildman–Crippen LogP) is -0.547. The van der Waals surface area contributed by atoms with Crippen LogP contribution < -0.4 is 5.64 Å². The Kier molecular flexibility index (Phi) is 3.41. The van der Waals surface area contributed by atoms with E-state index in [2.05, 4.69) is 4.74 Å². The molecular formula is C3H8BNO2. The number of rotatable bonds is 2. The van der Waals surface area contributed by atoms with Crippen LogP contribution in [0.15, 0.2) is 0 Å². The van der Waals surface area contributed by atoms with Crippen LogP contribution in [-0.2, 0) is 4.74 Å². The standard InChI is InChI=1S/C3H8BNO2/c1-2-7-3(6)4-5/h4H,2,5H2,1H3. The van der Waals surface area contributed by atoms with Gasteiger partial charge in [0.05, 0.1) is 6.61 Å². The van der Waals surface area contributed by atoms with Crippen molar-refractivity contribution in [3.05, 3.63) is 0 Å². The Morgan fingerprint density at radius 3 is 2.71 bits per heavy atom. The van der Waals surface area contributed by atoms with Gasteiger partial charge in [-0.2, -0.15) is 0 Å². The Morgan fingerprint density at radius 1 is 2.00 bits per heavy atom. The van der Waals surface area contributed by atoms with Crippen molar-refractivity contribution in [1.29, 1.82) is 0 Å². The average Bonchev–Trinajstić information content (AvgIpc) is 1.68. The van der Waals surface area contributed by atoms with E-state index >= 15 is 0 Å². The van der Waals surface area contributed by atoms with Gasteiger partial charge in [0.2, 0.25) is 0 Å². The molecule has 0 heterocycles. The summed E-state index contributed by atoms with van der Waals surface area (Å²) < 4.78 is 4.43. The molecule has 0 aromatic carbocycles. The van der Waals surface area contributed by atoms with Gasteiger partial charge in [-0.3, -0.25) is 4.79 Å². The minimum atomic E-state index is -0.345. The van der Waals surface area contributed by atoms with E-state index in [0.29, 0.717) is 6.61 Å². The molecule has 0 saturated carbocycles. The maximum Gasteiger partial charge on any atom is 0.335 e. The third kappa shape index (κ3) is 3.32. The van der Waals surface area contributed by atoms with Gasteiger partial charge < -0.3 is 10.4 Å². The van der Waals surface area contributed by atoms with Crippen molar-refractivity contribution in [3.8, 4) is 0 Å². The molecule has 0 atom stereocenters. The van der Waals surface area contributed by atoms with E-state index in [-0.39, 0.29) is 13.3 Å². The fourth-order valence-electron chi connectivity index (χ4n) is 0.220. The number of nitrogens with two attached hydrogens (primary N) is 1. The Labute approximate surface area is 43.1 Å². The minimum absolute atomic E-state index is 0.0200. The highest BCUT2D eigenvalue weighted by atomic mass is 16.5. The summed E-state index contributed by atoms with van der Waals surface area (Å²) in [5.74, 6) is -0.345. The van der Waals surface area contributed by atoms with Crippen LogP contribution in [0.5, 0.6) is 0 Å². The molecule has 0 unspecified atom stereocenters. The Bertz CT molecular complexity index is 66.0. The summed E-state index contributed by atoms with van der Waals surface area (Å²) in [6, 6.07) is 0. The highest BCUT2D eigenvalue weighted by molar-refractivity contribution is 6.69. The molecule has 0 amide bonds. The lowest BCUT2D eigenvalue weighted by molar-refractivity contribution is 0.179. The van der Waals surface area contributed by atoms with Gasteiger partial charge in [0.1, 0.15) is 0 Å². The van der Waals surface area contributed by atoms with Gasteiger partial charge in [-0.05, 0) is 6.92 Å². The molecular weight excluding hydrogens is 92.8 g/mol. The van der Waals surface area contributed by atoms with Crippen LogP contribution in [0, 0.1) is 0 Å². The number of hydrogen-bond donors (Lipinski definition) is 1. The fourth-order valence-corrected chi connectivity index (χ4v) is 0.220. The molecule has 0 aromatic rings. The van der Waals surface area contributed by atoms with E-state index < -0.39 is 0 Å². The Hall–Kier alpha value is -0.505. The maximum atomic E-state index is 10.1. The van der Waals surface area contributed by atoms with Gasteiger partial charge in [-0.15, -0.1) is 0 Å². The molecule has 40 valence electrons. The van der Waals surface area contributed by atoms with E-state index in [1.165, 1.54) is 0 Å². The molecule has 3 nitrogen and oxygen atoms in total. The highest BCUT2D eigenvalue weighted by Crippen LogP contribution is 1.71. The normalized spacial score (nSPS) is 7.71. The van der Waals surface area contributed by atoms with Crippen LogP contribution in [-0.4, -0.2) is 19.9 Å². The van der Waals surface area contributed by atoms with Crippen molar-refractivity contribution in [1.82, 2.24) is 0 Å². The number of hydrogen-bond acceptors (Lipinski definition) is 3. The molecule has 0 rings (SSSR count). The van der Waals surface area contributed by atoms with Gasteiger partial charge in [-0.25, -0.2) is 0 Å². The first-order valence-corrected chi connectivity index (χ1v) is 2.17. The van der Waals surface area contributed by atoms with E-state index in [4.69, 9.17) is 5.64 Å². The van der Waals surface area contributed by atoms with E-state index in [0.717, 1.165) is 0 Å².